The number of carbonyl (C=O) groups is 1. The number of amides is 1. The van der Waals surface area contributed by atoms with Gasteiger partial charge in [-0.3, -0.25) is 4.79 Å². The highest BCUT2D eigenvalue weighted by molar-refractivity contribution is 5.78. The third-order valence-electron chi connectivity index (χ3n) is 5.06. The molecule has 1 aromatic carbocycles. The molecule has 1 unspecified atom stereocenters. The molecule has 1 aromatic heterocycles. The molecule has 7 nitrogen and oxygen atoms in total. The number of aliphatic hydroxyl groups excluding tert-OH is 1. The Morgan fingerprint density at radius 3 is 2.85 bits per heavy atom. The van der Waals surface area contributed by atoms with E-state index in [0.29, 0.717) is 37.5 Å². The Balaban J connectivity index is 1.57. The molecule has 0 aliphatic carbocycles. The zero-order valence-corrected chi connectivity index (χ0v) is 15.1. The fraction of sp³-hybridized carbons (Fsp3) is 0.526. The van der Waals surface area contributed by atoms with E-state index in [1.165, 1.54) is 0 Å². The quantitative estimate of drug-likeness (QED) is 0.813. The van der Waals surface area contributed by atoms with Gasteiger partial charge < -0.3 is 14.7 Å². The van der Waals surface area contributed by atoms with Gasteiger partial charge in [0.05, 0.1) is 19.6 Å². The second kappa shape index (κ2) is 8.31. The second-order valence-electron chi connectivity index (χ2n) is 6.96. The summed E-state index contributed by atoms with van der Waals surface area (Å²) in [5, 5.41) is 17.5. The van der Waals surface area contributed by atoms with E-state index in [9.17, 15) is 9.90 Å². The number of para-hydroxylation sites is 1. The number of rotatable bonds is 7. The summed E-state index contributed by atoms with van der Waals surface area (Å²) in [6.07, 6.45) is 2.63. The zero-order chi connectivity index (χ0) is 18.4. The van der Waals surface area contributed by atoms with Crippen LogP contribution in [0.2, 0.25) is 0 Å². The predicted octanol–water partition coefficient (Wildman–Crippen LogP) is 1.99. The summed E-state index contributed by atoms with van der Waals surface area (Å²) in [5.41, 5.74) is 0.891. The Morgan fingerprint density at radius 2 is 2.15 bits per heavy atom. The number of nitrogens with zero attached hydrogens (tertiary/aromatic N) is 3. The molecule has 2 aromatic rings. The number of hydrogen-bond donors (Lipinski definition) is 1. The third kappa shape index (κ3) is 4.40. The molecule has 2 heterocycles. The normalized spacial score (nSPS) is 20.2. The molecule has 0 saturated carbocycles. The standard InChI is InChI=1S/C19H25N3O4/c1-15-17(21-26-20-15)12-18(24)22-10-5-8-19(13-22,14-23)9-11-25-16-6-3-2-4-7-16/h2-4,6-7,23H,5,8-14H2,1H3. The highest BCUT2D eigenvalue weighted by atomic mass is 16.6. The molecule has 0 spiro atoms. The Hall–Kier alpha value is -2.41. The SMILES string of the molecule is Cc1nonc1CC(=O)N1CCCC(CO)(CCOc2ccccc2)C1. The van der Waals surface area contributed by atoms with Gasteiger partial charge >= 0.3 is 0 Å². The van der Waals surface area contributed by atoms with Crippen LogP contribution in [-0.2, 0) is 11.2 Å². The number of aliphatic hydroxyl groups is 1. The molecule has 3 rings (SSSR count). The Morgan fingerprint density at radius 1 is 1.35 bits per heavy atom. The molecule has 1 aliphatic heterocycles. The fourth-order valence-corrected chi connectivity index (χ4v) is 3.40. The average molecular weight is 359 g/mol. The molecule has 0 bridgehead atoms. The maximum absolute atomic E-state index is 12.6. The molecule has 1 N–H and O–H groups in total. The minimum Gasteiger partial charge on any atom is -0.494 e. The van der Waals surface area contributed by atoms with Gasteiger partial charge in [-0.1, -0.05) is 28.5 Å². The topological polar surface area (TPSA) is 88.7 Å². The van der Waals surface area contributed by atoms with Crippen LogP contribution in [0.5, 0.6) is 5.75 Å². The van der Waals surface area contributed by atoms with Gasteiger partial charge in [-0.05, 0) is 38.3 Å². The summed E-state index contributed by atoms with van der Waals surface area (Å²) in [6.45, 7) is 3.56. The lowest BCUT2D eigenvalue weighted by Gasteiger charge is -2.41. The molecule has 0 radical (unpaired) electrons. The van der Waals surface area contributed by atoms with Crippen molar-refractivity contribution in [3.63, 3.8) is 0 Å². The van der Waals surface area contributed by atoms with Gasteiger partial charge in [0.25, 0.3) is 0 Å². The van der Waals surface area contributed by atoms with Crippen molar-refractivity contribution in [1.82, 2.24) is 15.2 Å². The Labute approximate surface area is 152 Å². The average Bonchev–Trinajstić information content (AvgIpc) is 3.07. The van der Waals surface area contributed by atoms with Crippen molar-refractivity contribution in [1.29, 1.82) is 0 Å². The van der Waals surface area contributed by atoms with Gasteiger partial charge in [0.1, 0.15) is 17.1 Å². The number of aryl methyl sites for hydroxylation is 1. The number of carbonyl (C=O) groups excluding carboxylic acids is 1. The minimum atomic E-state index is -0.320. The van der Waals surface area contributed by atoms with E-state index in [0.717, 1.165) is 18.6 Å². The van der Waals surface area contributed by atoms with Gasteiger partial charge in [-0.25, -0.2) is 4.63 Å². The summed E-state index contributed by atoms with van der Waals surface area (Å²) in [7, 11) is 0. The Kier molecular flexibility index (Phi) is 5.88. The smallest absolute Gasteiger partial charge is 0.228 e. The van der Waals surface area contributed by atoms with Gasteiger partial charge in [0.15, 0.2) is 0 Å². The van der Waals surface area contributed by atoms with Gasteiger partial charge in [0.2, 0.25) is 5.91 Å². The molecule has 1 fully saturated rings. The van der Waals surface area contributed by atoms with Crippen molar-refractivity contribution in [3.8, 4) is 5.75 Å². The van der Waals surface area contributed by atoms with E-state index < -0.39 is 0 Å². The molecule has 1 atom stereocenters. The summed E-state index contributed by atoms with van der Waals surface area (Å²) in [4.78, 5) is 14.4. The lowest BCUT2D eigenvalue weighted by Crippen LogP contribution is -2.49. The van der Waals surface area contributed by atoms with Crippen LogP contribution in [0.3, 0.4) is 0 Å². The highest BCUT2D eigenvalue weighted by Crippen LogP contribution is 2.33. The second-order valence-corrected chi connectivity index (χ2v) is 6.96. The maximum atomic E-state index is 12.6. The molecule has 140 valence electrons. The number of ether oxygens (including phenoxy) is 1. The fourth-order valence-electron chi connectivity index (χ4n) is 3.40. The first-order valence-corrected chi connectivity index (χ1v) is 8.96. The lowest BCUT2D eigenvalue weighted by molar-refractivity contribution is -0.135. The van der Waals surface area contributed by atoms with Crippen LogP contribution in [0.25, 0.3) is 0 Å². The number of aromatic nitrogens is 2. The molecule has 26 heavy (non-hydrogen) atoms. The molecule has 1 aliphatic rings. The maximum Gasteiger partial charge on any atom is 0.228 e. The molecular weight excluding hydrogens is 334 g/mol. The van der Waals surface area contributed by atoms with Crippen LogP contribution >= 0.6 is 0 Å². The summed E-state index contributed by atoms with van der Waals surface area (Å²) >= 11 is 0. The number of likely N-dealkylation sites (tertiary alicyclic amines) is 1. The van der Waals surface area contributed by atoms with Gasteiger partial charge in [-0.15, -0.1) is 0 Å². The van der Waals surface area contributed by atoms with Crippen molar-refractivity contribution >= 4 is 5.91 Å². The van der Waals surface area contributed by atoms with Crippen molar-refractivity contribution in [3.05, 3.63) is 41.7 Å². The zero-order valence-electron chi connectivity index (χ0n) is 15.1. The van der Waals surface area contributed by atoms with Crippen LogP contribution in [0.15, 0.2) is 35.0 Å². The van der Waals surface area contributed by atoms with E-state index in [4.69, 9.17) is 4.74 Å². The predicted molar refractivity (Wildman–Crippen MR) is 94.6 cm³/mol. The van der Waals surface area contributed by atoms with E-state index in [1.54, 1.807) is 6.92 Å². The summed E-state index contributed by atoms with van der Waals surface area (Å²) in [5.74, 6) is 0.809. The van der Waals surface area contributed by atoms with E-state index in [2.05, 4.69) is 14.9 Å². The van der Waals surface area contributed by atoms with Crippen LogP contribution in [0, 0.1) is 12.3 Å². The third-order valence-corrected chi connectivity index (χ3v) is 5.06. The number of benzene rings is 1. The van der Waals surface area contributed by atoms with E-state index >= 15 is 0 Å². The largest absolute Gasteiger partial charge is 0.494 e. The van der Waals surface area contributed by atoms with Crippen molar-refractivity contribution in [2.45, 2.75) is 32.6 Å². The minimum absolute atomic E-state index is 0.00898. The van der Waals surface area contributed by atoms with E-state index in [-0.39, 0.29) is 24.3 Å². The van der Waals surface area contributed by atoms with Crippen molar-refractivity contribution < 1.29 is 19.3 Å². The van der Waals surface area contributed by atoms with E-state index in [1.807, 2.05) is 35.2 Å². The van der Waals surface area contributed by atoms with Crippen molar-refractivity contribution in [2.75, 3.05) is 26.3 Å². The van der Waals surface area contributed by atoms with Crippen molar-refractivity contribution in [2.24, 2.45) is 5.41 Å². The monoisotopic (exact) mass is 359 g/mol. The first-order chi connectivity index (χ1) is 12.6. The lowest BCUT2D eigenvalue weighted by atomic mass is 9.78. The first kappa shape index (κ1) is 18.4. The molecular formula is C19H25N3O4. The number of piperidine rings is 1. The van der Waals surface area contributed by atoms with Gasteiger partial charge in [0, 0.05) is 18.5 Å². The molecule has 7 heteroatoms. The molecule has 1 amide bonds. The Bertz CT molecular complexity index is 719. The number of hydrogen-bond acceptors (Lipinski definition) is 6. The first-order valence-electron chi connectivity index (χ1n) is 8.96. The van der Waals surface area contributed by atoms with Crippen LogP contribution in [0.4, 0.5) is 0 Å². The summed E-state index contributed by atoms with van der Waals surface area (Å²) < 4.78 is 10.5. The van der Waals surface area contributed by atoms with Crippen LogP contribution in [-0.4, -0.2) is 52.5 Å². The summed E-state index contributed by atoms with van der Waals surface area (Å²) in [6, 6.07) is 9.63. The highest BCUT2D eigenvalue weighted by Gasteiger charge is 2.36. The van der Waals surface area contributed by atoms with Crippen LogP contribution < -0.4 is 4.74 Å². The van der Waals surface area contributed by atoms with Gasteiger partial charge in [-0.2, -0.15) is 0 Å². The molecule has 1 saturated heterocycles. The van der Waals surface area contributed by atoms with Crippen LogP contribution in [0.1, 0.15) is 30.7 Å².